The van der Waals surface area contributed by atoms with Crippen LogP contribution in [0, 0.1) is 0 Å². The minimum absolute atomic E-state index is 0.0905. The van der Waals surface area contributed by atoms with Gasteiger partial charge >= 0.3 is 0 Å². The zero-order valence-electron chi connectivity index (χ0n) is 19.7. The van der Waals surface area contributed by atoms with Crippen molar-refractivity contribution in [3.8, 4) is 23.0 Å². The molecule has 0 atom stereocenters. The maximum atomic E-state index is 13.3. The van der Waals surface area contributed by atoms with E-state index < -0.39 is 15.9 Å². The summed E-state index contributed by atoms with van der Waals surface area (Å²) in [5.41, 5.74) is 0.582. The quantitative estimate of drug-likeness (QED) is 0.476. The van der Waals surface area contributed by atoms with Gasteiger partial charge in [-0.1, -0.05) is 24.6 Å². The van der Waals surface area contributed by atoms with Gasteiger partial charge in [0.2, 0.25) is 10.0 Å². The summed E-state index contributed by atoms with van der Waals surface area (Å²) in [5.74, 6) is 1.32. The minimum Gasteiger partial charge on any atom is -0.497 e. The molecule has 0 unspecified atom stereocenters. The first kappa shape index (κ1) is 24.6. The Morgan fingerprint density at radius 3 is 2.29 bits per heavy atom. The lowest BCUT2D eigenvalue weighted by Crippen LogP contribution is -2.35. The summed E-state index contributed by atoms with van der Waals surface area (Å²) in [7, 11) is -0.668. The molecule has 1 saturated heterocycles. The third-order valence-corrected chi connectivity index (χ3v) is 7.67. The first-order valence-corrected chi connectivity index (χ1v) is 12.8. The number of rotatable bonds is 8. The molecule has 0 spiro atoms. The summed E-state index contributed by atoms with van der Waals surface area (Å²) in [5, 5.41) is 2.81. The van der Waals surface area contributed by atoms with Gasteiger partial charge in [0, 0.05) is 18.7 Å². The Morgan fingerprint density at radius 2 is 1.57 bits per heavy atom. The van der Waals surface area contributed by atoms with E-state index in [1.54, 1.807) is 48.5 Å². The van der Waals surface area contributed by atoms with Gasteiger partial charge in [-0.05, 0) is 61.4 Å². The Hall–Kier alpha value is -3.56. The highest BCUT2D eigenvalue weighted by molar-refractivity contribution is 7.89. The molecular formula is C26H28N2O6S. The molecule has 4 rings (SSSR count). The molecule has 0 radical (unpaired) electrons. The van der Waals surface area contributed by atoms with Gasteiger partial charge in [-0.2, -0.15) is 4.31 Å². The van der Waals surface area contributed by atoms with Gasteiger partial charge in [0.15, 0.2) is 17.2 Å². The number of methoxy groups -OCH3 is 2. The van der Waals surface area contributed by atoms with Crippen LogP contribution >= 0.6 is 0 Å². The Labute approximate surface area is 205 Å². The number of hydrogen-bond acceptors (Lipinski definition) is 6. The Balaban J connectivity index is 1.72. The first-order valence-electron chi connectivity index (χ1n) is 11.3. The summed E-state index contributed by atoms with van der Waals surface area (Å²) in [6, 6.07) is 18.2. The molecule has 0 bridgehead atoms. The van der Waals surface area contributed by atoms with Gasteiger partial charge in [-0.25, -0.2) is 8.42 Å². The molecule has 1 aliphatic rings. The van der Waals surface area contributed by atoms with Crippen molar-refractivity contribution in [2.75, 3.05) is 32.6 Å². The molecule has 0 aliphatic carbocycles. The van der Waals surface area contributed by atoms with Gasteiger partial charge in [-0.15, -0.1) is 0 Å². The van der Waals surface area contributed by atoms with Crippen LogP contribution in [-0.4, -0.2) is 45.9 Å². The Morgan fingerprint density at radius 1 is 0.829 bits per heavy atom. The SMILES string of the molecule is COc1cccc(C(=O)Nc2cc(S(=O)(=O)N3CCCCC3)ccc2Oc2ccccc2OC)c1. The van der Waals surface area contributed by atoms with Crippen LogP contribution in [0.4, 0.5) is 5.69 Å². The zero-order valence-corrected chi connectivity index (χ0v) is 20.5. The van der Waals surface area contributed by atoms with Gasteiger partial charge in [0.25, 0.3) is 5.91 Å². The van der Waals surface area contributed by atoms with E-state index in [1.165, 1.54) is 30.7 Å². The number of hydrogen-bond donors (Lipinski definition) is 1. The molecule has 1 aliphatic heterocycles. The van der Waals surface area contributed by atoms with Crippen molar-refractivity contribution in [1.29, 1.82) is 0 Å². The number of amides is 1. The van der Waals surface area contributed by atoms with Crippen molar-refractivity contribution in [2.45, 2.75) is 24.2 Å². The van der Waals surface area contributed by atoms with Crippen molar-refractivity contribution in [3.63, 3.8) is 0 Å². The van der Waals surface area contributed by atoms with Crippen LogP contribution in [0.25, 0.3) is 0 Å². The van der Waals surface area contributed by atoms with Crippen molar-refractivity contribution in [2.24, 2.45) is 0 Å². The molecular weight excluding hydrogens is 468 g/mol. The van der Waals surface area contributed by atoms with Crippen LogP contribution in [-0.2, 0) is 10.0 Å². The van der Waals surface area contributed by atoms with Crippen LogP contribution in [0.5, 0.6) is 23.0 Å². The lowest BCUT2D eigenvalue weighted by Gasteiger charge is -2.26. The number of ether oxygens (including phenoxy) is 3. The van der Waals surface area contributed by atoms with E-state index in [9.17, 15) is 13.2 Å². The number of sulfonamides is 1. The zero-order chi connectivity index (χ0) is 24.8. The highest BCUT2D eigenvalue weighted by atomic mass is 32.2. The van der Waals surface area contributed by atoms with Gasteiger partial charge in [-0.3, -0.25) is 4.79 Å². The number of nitrogens with zero attached hydrogens (tertiary/aromatic N) is 1. The topological polar surface area (TPSA) is 94.2 Å². The molecule has 3 aromatic carbocycles. The highest BCUT2D eigenvalue weighted by Gasteiger charge is 2.27. The maximum absolute atomic E-state index is 13.3. The van der Waals surface area contributed by atoms with Crippen LogP contribution < -0.4 is 19.5 Å². The summed E-state index contributed by atoms with van der Waals surface area (Å²) in [6.45, 7) is 0.959. The summed E-state index contributed by atoms with van der Waals surface area (Å²) in [6.07, 6.45) is 2.67. The molecule has 0 saturated carbocycles. The predicted molar refractivity (Wildman–Crippen MR) is 133 cm³/mol. The second-order valence-corrected chi connectivity index (χ2v) is 10.00. The van der Waals surface area contributed by atoms with Gasteiger partial charge in [0.1, 0.15) is 5.75 Å². The third-order valence-electron chi connectivity index (χ3n) is 5.77. The molecule has 3 aromatic rings. The second kappa shape index (κ2) is 10.8. The molecule has 1 fully saturated rings. The number of anilines is 1. The van der Waals surface area contributed by atoms with Gasteiger partial charge in [0.05, 0.1) is 24.8 Å². The minimum atomic E-state index is -3.72. The molecule has 184 valence electrons. The molecule has 35 heavy (non-hydrogen) atoms. The second-order valence-electron chi connectivity index (χ2n) is 8.06. The molecule has 9 heteroatoms. The van der Waals surface area contributed by atoms with Crippen LogP contribution in [0.15, 0.2) is 71.6 Å². The standard InChI is InChI=1S/C26H28N2O6S/c1-32-20-10-8-9-19(17-20)26(29)27-22-18-21(35(30,31)28-15-6-3-7-16-28)13-14-23(22)34-25-12-5-4-11-24(25)33-2/h4-5,8-14,17-18H,3,6-7,15-16H2,1-2H3,(H,27,29). The maximum Gasteiger partial charge on any atom is 0.255 e. The third kappa shape index (κ3) is 5.58. The fourth-order valence-corrected chi connectivity index (χ4v) is 5.43. The van der Waals surface area contributed by atoms with E-state index in [0.29, 0.717) is 35.9 Å². The molecule has 8 nitrogen and oxygen atoms in total. The van der Waals surface area contributed by atoms with Crippen LogP contribution in [0.3, 0.4) is 0 Å². The molecule has 1 heterocycles. The smallest absolute Gasteiger partial charge is 0.255 e. The van der Waals surface area contributed by atoms with E-state index >= 15 is 0 Å². The van der Waals surface area contributed by atoms with Gasteiger partial charge < -0.3 is 19.5 Å². The molecule has 0 aromatic heterocycles. The number of carbonyl (C=O) groups excluding carboxylic acids is 1. The van der Waals surface area contributed by atoms with E-state index in [-0.39, 0.29) is 16.3 Å². The monoisotopic (exact) mass is 496 g/mol. The fraction of sp³-hybridized carbons (Fsp3) is 0.269. The number of carbonyl (C=O) groups is 1. The number of para-hydroxylation sites is 2. The number of piperidine rings is 1. The summed E-state index contributed by atoms with van der Waals surface area (Å²) in [4.78, 5) is 13.2. The highest BCUT2D eigenvalue weighted by Crippen LogP contribution is 2.37. The predicted octanol–water partition coefficient (Wildman–Crippen LogP) is 4.92. The lowest BCUT2D eigenvalue weighted by molar-refractivity contribution is 0.102. The largest absolute Gasteiger partial charge is 0.497 e. The van der Waals surface area contributed by atoms with E-state index in [0.717, 1.165) is 19.3 Å². The number of benzene rings is 3. The normalized spacial score (nSPS) is 14.2. The Bertz CT molecular complexity index is 1300. The first-order chi connectivity index (χ1) is 16.9. The van der Waals surface area contributed by atoms with E-state index in [1.807, 2.05) is 6.07 Å². The van der Waals surface area contributed by atoms with Crippen LogP contribution in [0.2, 0.25) is 0 Å². The van der Waals surface area contributed by atoms with Crippen molar-refractivity contribution < 1.29 is 27.4 Å². The van der Waals surface area contributed by atoms with Crippen molar-refractivity contribution in [1.82, 2.24) is 4.31 Å². The molecule has 1 N–H and O–H groups in total. The average Bonchev–Trinajstić information content (AvgIpc) is 2.90. The Kier molecular flexibility index (Phi) is 7.57. The van der Waals surface area contributed by atoms with E-state index in [2.05, 4.69) is 5.32 Å². The summed E-state index contributed by atoms with van der Waals surface area (Å²) < 4.78 is 44.7. The van der Waals surface area contributed by atoms with Crippen molar-refractivity contribution >= 4 is 21.6 Å². The number of nitrogens with one attached hydrogen (secondary N) is 1. The summed E-state index contributed by atoms with van der Waals surface area (Å²) >= 11 is 0. The fourth-order valence-electron chi connectivity index (χ4n) is 3.89. The average molecular weight is 497 g/mol. The van der Waals surface area contributed by atoms with Crippen molar-refractivity contribution in [3.05, 3.63) is 72.3 Å². The lowest BCUT2D eigenvalue weighted by atomic mass is 10.2. The molecule has 1 amide bonds. The van der Waals surface area contributed by atoms with Crippen LogP contribution in [0.1, 0.15) is 29.6 Å². The van der Waals surface area contributed by atoms with E-state index in [4.69, 9.17) is 14.2 Å².